The topological polar surface area (TPSA) is 42.0 Å². The van der Waals surface area contributed by atoms with Crippen molar-refractivity contribution in [3.8, 4) is 0 Å². The van der Waals surface area contributed by atoms with E-state index in [1.165, 1.54) is 68.9 Å². The molecule has 1 N–H and O–H groups in total. The van der Waals surface area contributed by atoms with Crippen LogP contribution in [0.15, 0.2) is 6.20 Å². The lowest BCUT2D eigenvalue weighted by atomic mass is 9.88. The van der Waals surface area contributed by atoms with E-state index in [1.54, 1.807) is 13.1 Å². The Morgan fingerprint density at radius 3 is 2.32 bits per heavy atom. The molecule has 1 fully saturated rings. The highest BCUT2D eigenvalue weighted by Crippen LogP contribution is 2.31. The Bertz CT molecular complexity index is 530. The zero-order chi connectivity index (χ0) is 15.4. The molecule has 0 unspecified atom stereocenters. The fraction of sp³-hybridized carbons (Fsp3) is 0.684. The number of carbonyl (C=O) groups is 1. The maximum atomic E-state index is 11.8. The normalized spacial score (nSPS) is 19.9. The molecule has 1 heterocycles. The average Bonchev–Trinajstić information content (AvgIpc) is 2.49. The van der Waals surface area contributed by atoms with Crippen LogP contribution in [0.4, 0.5) is 5.82 Å². The Balaban J connectivity index is 1.82. The summed E-state index contributed by atoms with van der Waals surface area (Å²) in [6.45, 7) is 1.66. The van der Waals surface area contributed by atoms with Crippen LogP contribution in [-0.4, -0.2) is 16.8 Å². The van der Waals surface area contributed by atoms with Gasteiger partial charge < -0.3 is 5.32 Å². The number of rotatable bonds is 3. The first-order chi connectivity index (χ1) is 10.8. The van der Waals surface area contributed by atoms with Gasteiger partial charge in [-0.1, -0.05) is 32.1 Å². The van der Waals surface area contributed by atoms with E-state index in [0.29, 0.717) is 6.04 Å². The van der Waals surface area contributed by atoms with Crippen LogP contribution < -0.4 is 5.32 Å². The number of aromatic nitrogens is 1. The van der Waals surface area contributed by atoms with Gasteiger partial charge in [-0.15, -0.1) is 0 Å². The lowest BCUT2D eigenvalue weighted by Gasteiger charge is -2.26. The third kappa shape index (κ3) is 3.50. The maximum Gasteiger partial charge on any atom is 0.161 e. The summed E-state index contributed by atoms with van der Waals surface area (Å²) in [4.78, 5) is 16.5. The van der Waals surface area contributed by atoms with Crippen LogP contribution in [-0.2, 0) is 12.8 Å². The van der Waals surface area contributed by atoms with E-state index in [2.05, 4.69) is 10.3 Å². The lowest BCUT2D eigenvalue weighted by molar-refractivity contribution is 0.101. The Kier molecular flexibility index (Phi) is 5.12. The van der Waals surface area contributed by atoms with Gasteiger partial charge in [-0.3, -0.25) is 4.79 Å². The second-order valence-electron chi connectivity index (χ2n) is 6.93. The van der Waals surface area contributed by atoms with E-state index in [0.717, 1.165) is 24.2 Å². The molecule has 0 amide bonds. The molecule has 0 spiro atoms. The molecule has 3 nitrogen and oxygen atoms in total. The lowest BCUT2D eigenvalue weighted by Crippen LogP contribution is -2.23. The predicted molar refractivity (Wildman–Crippen MR) is 90.6 cm³/mol. The van der Waals surface area contributed by atoms with Crippen molar-refractivity contribution in [2.24, 2.45) is 0 Å². The predicted octanol–water partition coefficient (Wildman–Crippen LogP) is 4.69. The summed E-state index contributed by atoms with van der Waals surface area (Å²) >= 11 is 0. The Morgan fingerprint density at radius 1 is 1.00 bits per heavy atom. The van der Waals surface area contributed by atoms with E-state index in [9.17, 15) is 4.79 Å². The second kappa shape index (κ2) is 7.26. The molecule has 1 saturated carbocycles. The number of pyridine rings is 1. The molecule has 22 heavy (non-hydrogen) atoms. The summed E-state index contributed by atoms with van der Waals surface area (Å²) in [5.41, 5.74) is 3.43. The van der Waals surface area contributed by atoms with E-state index >= 15 is 0 Å². The zero-order valence-electron chi connectivity index (χ0n) is 13.8. The van der Waals surface area contributed by atoms with Crippen LogP contribution in [0.5, 0.6) is 0 Å². The van der Waals surface area contributed by atoms with Gasteiger partial charge in [0.2, 0.25) is 0 Å². The van der Waals surface area contributed by atoms with Crippen molar-refractivity contribution in [1.82, 2.24) is 4.98 Å². The fourth-order valence-corrected chi connectivity index (χ4v) is 3.97. The summed E-state index contributed by atoms with van der Waals surface area (Å²) in [5, 5.41) is 3.72. The van der Waals surface area contributed by atoms with Crippen LogP contribution >= 0.6 is 0 Å². The number of Topliss-reactive ketones (excluding diaryl/α,β-unsaturated/α-hetero) is 1. The molecule has 1 aromatic rings. The minimum atomic E-state index is 0.156. The van der Waals surface area contributed by atoms with Crippen molar-refractivity contribution in [3.63, 3.8) is 0 Å². The second-order valence-corrected chi connectivity index (χ2v) is 6.93. The van der Waals surface area contributed by atoms with Gasteiger partial charge >= 0.3 is 0 Å². The minimum absolute atomic E-state index is 0.156. The SMILES string of the molecule is CC(=O)c1cnc(NC2CCCCCCC2)c2c1CCCC2. The van der Waals surface area contributed by atoms with Gasteiger partial charge in [0.1, 0.15) is 5.82 Å². The van der Waals surface area contributed by atoms with Crippen LogP contribution in [0.3, 0.4) is 0 Å². The van der Waals surface area contributed by atoms with Crippen LogP contribution in [0.1, 0.15) is 86.2 Å². The number of nitrogens with one attached hydrogen (secondary N) is 1. The monoisotopic (exact) mass is 300 g/mol. The molecule has 0 aromatic carbocycles. The van der Waals surface area contributed by atoms with Crippen molar-refractivity contribution >= 4 is 11.6 Å². The van der Waals surface area contributed by atoms with Gasteiger partial charge in [0, 0.05) is 17.8 Å². The van der Waals surface area contributed by atoms with E-state index < -0.39 is 0 Å². The maximum absolute atomic E-state index is 11.8. The smallest absolute Gasteiger partial charge is 0.161 e. The highest BCUT2D eigenvalue weighted by atomic mass is 16.1. The van der Waals surface area contributed by atoms with Crippen molar-refractivity contribution in [1.29, 1.82) is 0 Å². The van der Waals surface area contributed by atoms with Crippen LogP contribution in [0.25, 0.3) is 0 Å². The molecule has 120 valence electrons. The molecule has 2 aliphatic rings. The van der Waals surface area contributed by atoms with Crippen molar-refractivity contribution in [2.75, 3.05) is 5.32 Å². The molecular formula is C19H28N2O. The summed E-state index contributed by atoms with van der Waals surface area (Å²) in [6.07, 6.45) is 15.6. The Labute approximate surface area is 133 Å². The fourth-order valence-electron chi connectivity index (χ4n) is 3.97. The van der Waals surface area contributed by atoms with Gasteiger partial charge in [-0.2, -0.15) is 0 Å². The number of carbonyl (C=O) groups excluding carboxylic acids is 1. The highest BCUT2D eigenvalue weighted by Gasteiger charge is 2.21. The van der Waals surface area contributed by atoms with Gasteiger partial charge in [0.25, 0.3) is 0 Å². The number of hydrogen-bond acceptors (Lipinski definition) is 3. The number of ketones is 1. The first-order valence-electron chi connectivity index (χ1n) is 9.04. The Hall–Kier alpha value is -1.38. The number of anilines is 1. The molecule has 3 rings (SSSR count). The van der Waals surface area contributed by atoms with Gasteiger partial charge in [0.05, 0.1) is 0 Å². The number of hydrogen-bond donors (Lipinski definition) is 1. The Morgan fingerprint density at radius 2 is 1.64 bits per heavy atom. The summed E-state index contributed by atoms with van der Waals surface area (Å²) < 4.78 is 0. The minimum Gasteiger partial charge on any atom is -0.367 e. The van der Waals surface area contributed by atoms with Crippen LogP contribution in [0, 0.1) is 0 Å². The number of nitrogens with zero attached hydrogens (tertiary/aromatic N) is 1. The molecule has 0 atom stereocenters. The van der Waals surface area contributed by atoms with Crippen molar-refractivity contribution in [2.45, 2.75) is 83.6 Å². The summed E-state index contributed by atoms with van der Waals surface area (Å²) in [6, 6.07) is 0.557. The van der Waals surface area contributed by atoms with E-state index in [1.807, 2.05) is 0 Å². The molecule has 0 bridgehead atoms. The summed E-state index contributed by atoms with van der Waals surface area (Å²) in [7, 11) is 0. The van der Waals surface area contributed by atoms with Gasteiger partial charge in [0.15, 0.2) is 5.78 Å². The van der Waals surface area contributed by atoms with E-state index in [4.69, 9.17) is 0 Å². The standard InChI is InChI=1S/C19H28N2O/c1-14(22)18-13-20-19(17-12-8-7-11-16(17)18)21-15-9-5-3-2-4-6-10-15/h13,15H,2-12H2,1H3,(H,20,21). The van der Waals surface area contributed by atoms with Gasteiger partial charge in [-0.05, 0) is 56.6 Å². The first kappa shape index (κ1) is 15.5. The molecule has 1 aromatic heterocycles. The molecular weight excluding hydrogens is 272 g/mol. The molecule has 0 radical (unpaired) electrons. The molecule has 2 aliphatic carbocycles. The largest absolute Gasteiger partial charge is 0.367 e. The van der Waals surface area contributed by atoms with E-state index in [-0.39, 0.29) is 5.78 Å². The quantitative estimate of drug-likeness (QED) is 0.824. The highest BCUT2D eigenvalue weighted by molar-refractivity contribution is 5.96. The third-order valence-corrected chi connectivity index (χ3v) is 5.23. The first-order valence-corrected chi connectivity index (χ1v) is 9.04. The average molecular weight is 300 g/mol. The third-order valence-electron chi connectivity index (χ3n) is 5.23. The van der Waals surface area contributed by atoms with Crippen molar-refractivity contribution in [3.05, 3.63) is 22.9 Å². The molecule has 0 aliphatic heterocycles. The molecule has 3 heteroatoms. The van der Waals surface area contributed by atoms with Crippen LogP contribution in [0.2, 0.25) is 0 Å². The van der Waals surface area contributed by atoms with Gasteiger partial charge in [-0.25, -0.2) is 4.98 Å². The molecule has 0 saturated heterocycles. The summed E-state index contributed by atoms with van der Waals surface area (Å²) in [5.74, 6) is 1.22. The number of fused-ring (bicyclic) bond motifs is 1. The van der Waals surface area contributed by atoms with Crippen molar-refractivity contribution < 1.29 is 4.79 Å². The zero-order valence-corrected chi connectivity index (χ0v) is 13.8.